The number of alkyl halides is 1. The van der Waals surface area contributed by atoms with Crippen molar-refractivity contribution in [1.29, 1.82) is 0 Å². The van der Waals surface area contributed by atoms with Gasteiger partial charge in [-0.1, -0.05) is 133 Å². The van der Waals surface area contributed by atoms with Gasteiger partial charge in [-0.15, -0.1) is 0 Å². The summed E-state index contributed by atoms with van der Waals surface area (Å²) in [7, 11) is 0. The van der Waals surface area contributed by atoms with E-state index in [9.17, 15) is 0 Å². The van der Waals surface area contributed by atoms with Crippen molar-refractivity contribution in [1.82, 2.24) is 0 Å². The lowest BCUT2D eigenvalue weighted by atomic mass is 10.1. The smallest absolute Gasteiger partial charge is 0.162 e. The average Bonchev–Trinajstić information content (AvgIpc) is 2.81. The summed E-state index contributed by atoms with van der Waals surface area (Å²) in [5, 5.41) is 1.19. The molecule has 0 fully saturated rings. The topological polar surface area (TPSA) is 0 Å². The van der Waals surface area contributed by atoms with Crippen LogP contribution >= 0.6 is 49.6 Å². The highest BCUT2D eigenvalue weighted by molar-refractivity contribution is 9.09. The predicted octanol–water partition coefficient (Wildman–Crippen LogP) is 12.0. The van der Waals surface area contributed by atoms with Gasteiger partial charge in [-0.05, 0) is 49.0 Å². The van der Waals surface area contributed by atoms with Crippen molar-refractivity contribution in [3.8, 4) is 0 Å². The Hall–Kier alpha value is 1.75. The Bertz CT molecular complexity index is 312. The van der Waals surface area contributed by atoms with Gasteiger partial charge in [0.25, 0.3) is 0 Å². The van der Waals surface area contributed by atoms with Crippen LogP contribution < -0.4 is 0 Å². The molecule has 0 aliphatic carbocycles. The highest BCUT2D eigenvalue weighted by Gasteiger charge is 2.34. The predicted molar refractivity (Wildman–Crippen MR) is 166 cm³/mol. The first-order chi connectivity index (χ1) is 15.7. The van der Waals surface area contributed by atoms with Gasteiger partial charge in [0.05, 0.1) is 0 Å². The summed E-state index contributed by atoms with van der Waals surface area (Å²) in [6.07, 6.45) is 27.2. The molecule has 0 saturated carbocycles. The SMILES string of the molecule is CCCCCCCCS[Si](CCCBr)(SCCCCCCCC)SCCCCCCCC. The van der Waals surface area contributed by atoms with Crippen LogP contribution in [0.4, 0.5) is 0 Å². The van der Waals surface area contributed by atoms with Gasteiger partial charge < -0.3 is 0 Å². The van der Waals surface area contributed by atoms with Crippen molar-refractivity contribution in [2.75, 3.05) is 22.6 Å². The lowest BCUT2D eigenvalue weighted by molar-refractivity contribution is 0.627. The molecule has 0 aliphatic heterocycles. The third-order valence-corrected chi connectivity index (χ3v) is 24.4. The zero-order valence-electron chi connectivity index (χ0n) is 22.1. The van der Waals surface area contributed by atoms with E-state index >= 15 is 0 Å². The summed E-state index contributed by atoms with van der Waals surface area (Å²) in [6, 6.07) is 1.50. The summed E-state index contributed by atoms with van der Waals surface area (Å²) in [5.74, 6) is 4.27. The molecule has 0 radical (unpaired) electrons. The Labute approximate surface area is 225 Å². The van der Waals surface area contributed by atoms with Gasteiger partial charge in [0, 0.05) is 5.33 Å². The summed E-state index contributed by atoms with van der Waals surface area (Å²) in [4.78, 5) is 0. The van der Waals surface area contributed by atoms with Gasteiger partial charge in [0.2, 0.25) is 5.52 Å². The first kappa shape index (κ1) is 33.7. The molecule has 0 heterocycles. The Morgan fingerprint density at radius 1 is 0.438 bits per heavy atom. The number of rotatable bonds is 27. The molecule has 0 amide bonds. The van der Waals surface area contributed by atoms with Crippen LogP contribution in [0.15, 0.2) is 0 Å². The molecule has 0 aromatic carbocycles. The van der Waals surface area contributed by atoms with Crippen molar-refractivity contribution in [2.24, 2.45) is 0 Å². The van der Waals surface area contributed by atoms with E-state index < -0.39 is 5.52 Å². The molecule has 0 N–H and O–H groups in total. The number of hydrogen-bond acceptors (Lipinski definition) is 3. The van der Waals surface area contributed by atoms with Crippen LogP contribution in [0.25, 0.3) is 0 Å². The molecule has 194 valence electrons. The molecule has 0 atom stereocenters. The van der Waals surface area contributed by atoms with Crippen molar-refractivity contribution in [2.45, 2.75) is 149 Å². The van der Waals surface area contributed by atoms with Gasteiger partial charge >= 0.3 is 0 Å². The van der Waals surface area contributed by atoms with Crippen LogP contribution in [0.3, 0.4) is 0 Å². The second-order valence-corrected chi connectivity index (χ2v) is 25.3. The minimum absolute atomic E-state index is 1.19. The van der Waals surface area contributed by atoms with Crippen molar-refractivity contribution in [3.63, 3.8) is 0 Å². The third kappa shape index (κ3) is 22.2. The van der Waals surface area contributed by atoms with Crippen LogP contribution in [-0.2, 0) is 0 Å². The zero-order valence-corrected chi connectivity index (χ0v) is 27.1. The molecule has 32 heavy (non-hydrogen) atoms. The maximum absolute atomic E-state index is 3.75. The molecule has 0 rings (SSSR count). The lowest BCUT2D eigenvalue weighted by Gasteiger charge is -2.30. The van der Waals surface area contributed by atoms with Gasteiger partial charge in [0.1, 0.15) is 0 Å². The third-order valence-electron chi connectivity index (χ3n) is 6.08. The molecule has 0 aliphatic rings. The molecule has 0 aromatic heterocycles. The Morgan fingerprint density at radius 2 is 0.750 bits per heavy atom. The van der Waals surface area contributed by atoms with E-state index in [0.717, 1.165) is 0 Å². The highest BCUT2D eigenvalue weighted by Crippen LogP contribution is 2.47. The quantitative estimate of drug-likeness (QED) is 0.0534. The van der Waals surface area contributed by atoms with Crippen LogP contribution in [-0.4, -0.2) is 28.1 Å². The second kappa shape index (κ2) is 27.3. The maximum atomic E-state index is 3.75. The summed E-state index contributed by atoms with van der Waals surface area (Å²) >= 11 is 11.1. The lowest BCUT2D eigenvalue weighted by Crippen LogP contribution is -2.25. The molecule has 0 unspecified atom stereocenters. The van der Waals surface area contributed by atoms with Crippen LogP contribution in [0.1, 0.15) is 143 Å². The maximum Gasteiger partial charge on any atom is 0.237 e. The van der Waals surface area contributed by atoms with Crippen LogP contribution in [0.5, 0.6) is 0 Å². The Kier molecular flexibility index (Phi) is 28.8. The van der Waals surface area contributed by atoms with E-state index in [4.69, 9.17) is 0 Å². The van der Waals surface area contributed by atoms with Crippen molar-refractivity contribution < 1.29 is 0 Å². The summed E-state index contributed by atoms with van der Waals surface area (Å²) < 4.78 is 0. The molecular formula is C27H57BrS3Si. The fraction of sp³-hybridized carbons (Fsp3) is 1.00. The van der Waals surface area contributed by atoms with Gasteiger partial charge in [-0.2, -0.15) is 33.6 Å². The van der Waals surface area contributed by atoms with Gasteiger partial charge in [0.15, 0.2) is 0 Å². The molecule has 0 spiro atoms. The van der Waals surface area contributed by atoms with Crippen LogP contribution in [0, 0.1) is 0 Å². The molecule has 0 aromatic rings. The number of halogens is 1. The van der Waals surface area contributed by atoms with Crippen molar-refractivity contribution in [3.05, 3.63) is 0 Å². The summed E-state index contributed by atoms with van der Waals surface area (Å²) in [6.45, 7) is 6.96. The van der Waals surface area contributed by atoms with Gasteiger partial charge in [-0.3, -0.25) is 0 Å². The molecule has 5 heteroatoms. The Balaban J connectivity index is 4.51. The molecule has 0 bridgehead atoms. The first-order valence-electron chi connectivity index (χ1n) is 14.2. The Morgan fingerprint density at radius 3 is 1.06 bits per heavy atom. The minimum atomic E-state index is -1.32. The number of unbranched alkanes of at least 4 members (excludes halogenated alkanes) is 15. The minimum Gasteiger partial charge on any atom is -0.162 e. The average molecular weight is 586 g/mol. The van der Waals surface area contributed by atoms with E-state index in [1.54, 1.807) is 0 Å². The molecular weight excluding hydrogens is 528 g/mol. The zero-order chi connectivity index (χ0) is 23.6. The highest BCUT2D eigenvalue weighted by atomic mass is 79.9. The molecule has 0 saturated heterocycles. The fourth-order valence-electron chi connectivity index (χ4n) is 3.96. The normalized spacial score (nSPS) is 12.0. The fourth-order valence-corrected chi connectivity index (χ4v) is 22.2. The monoisotopic (exact) mass is 584 g/mol. The van der Waals surface area contributed by atoms with Crippen LogP contribution in [0.2, 0.25) is 6.04 Å². The molecule has 0 nitrogen and oxygen atoms in total. The van der Waals surface area contributed by atoms with E-state index in [1.165, 1.54) is 151 Å². The van der Waals surface area contributed by atoms with E-state index in [-0.39, 0.29) is 0 Å². The standard InChI is InChI=1S/C27H57BrS3Si/c1-4-7-10-13-16-19-24-29-32(27-22-23-28,30-25-20-17-14-11-8-5-2)31-26-21-18-15-12-9-6-3/h4-27H2,1-3H3. The van der Waals surface area contributed by atoms with E-state index in [1.807, 2.05) is 0 Å². The first-order valence-corrected chi connectivity index (χ1v) is 22.7. The van der Waals surface area contributed by atoms with E-state index in [0.29, 0.717) is 0 Å². The van der Waals surface area contributed by atoms with Gasteiger partial charge in [-0.25, -0.2) is 0 Å². The largest absolute Gasteiger partial charge is 0.237 e. The number of hydrogen-bond donors (Lipinski definition) is 0. The van der Waals surface area contributed by atoms with E-state index in [2.05, 4.69) is 70.3 Å². The van der Waals surface area contributed by atoms with Crippen molar-refractivity contribution >= 4 is 55.1 Å². The second-order valence-electron chi connectivity index (χ2n) is 9.32. The summed E-state index contributed by atoms with van der Waals surface area (Å²) in [5.41, 5.74) is -1.32.